The van der Waals surface area contributed by atoms with Crippen LogP contribution in [0.3, 0.4) is 0 Å². The number of hydrogen-bond donors (Lipinski definition) is 3. The molecule has 0 aliphatic heterocycles. The number of methoxy groups -OCH3 is 1. The molecule has 0 saturated heterocycles. The number of imide groups is 1. The number of nitrogens with one attached hydrogen (secondary N) is 3. The Balaban J connectivity index is 4.60. The lowest BCUT2D eigenvalue weighted by atomic mass is 10.6. The fourth-order valence-corrected chi connectivity index (χ4v) is 1.23. The second-order valence-electron chi connectivity index (χ2n) is 2.83. The molecule has 100 valence electrons. The van der Waals surface area contributed by atoms with Crippen LogP contribution in [-0.2, 0) is 4.74 Å². The SMILES string of the molecule is C=CCNC(=O)N(C(=N)OC)C(=O)NSCC=C. The van der Waals surface area contributed by atoms with Crippen molar-refractivity contribution >= 4 is 30.0 Å². The molecule has 4 amide bonds. The molecule has 0 unspecified atom stereocenters. The first kappa shape index (κ1) is 16.0. The summed E-state index contributed by atoms with van der Waals surface area (Å²) in [6.07, 6.45) is 3.05. The van der Waals surface area contributed by atoms with Crippen molar-refractivity contribution in [1.29, 1.82) is 5.41 Å². The van der Waals surface area contributed by atoms with E-state index in [4.69, 9.17) is 5.41 Å². The lowest BCUT2D eigenvalue weighted by Crippen LogP contribution is -2.50. The maximum atomic E-state index is 11.7. The van der Waals surface area contributed by atoms with Gasteiger partial charge in [0.25, 0.3) is 0 Å². The summed E-state index contributed by atoms with van der Waals surface area (Å²) in [5.41, 5.74) is 0. The van der Waals surface area contributed by atoms with Crippen molar-refractivity contribution in [2.75, 3.05) is 19.4 Å². The fraction of sp³-hybridized carbons (Fsp3) is 0.300. The van der Waals surface area contributed by atoms with Crippen LogP contribution in [0.2, 0.25) is 0 Å². The first-order valence-electron chi connectivity index (χ1n) is 4.92. The van der Waals surface area contributed by atoms with E-state index in [-0.39, 0.29) is 6.54 Å². The predicted octanol–water partition coefficient (Wildman–Crippen LogP) is 1.31. The number of carbonyl (C=O) groups excluding carboxylic acids is 2. The lowest BCUT2D eigenvalue weighted by Gasteiger charge is -2.19. The summed E-state index contributed by atoms with van der Waals surface area (Å²) in [7, 11) is 1.19. The van der Waals surface area contributed by atoms with Gasteiger partial charge in [0.15, 0.2) is 0 Å². The number of amides is 4. The zero-order chi connectivity index (χ0) is 14.0. The summed E-state index contributed by atoms with van der Waals surface area (Å²) in [4.78, 5) is 23.8. The highest BCUT2D eigenvalue weighted by molar-refractivity contribution is 7.98. The Kier molecular flexibility index (Phi) is 8.12. The lowest BCUT2D eigenvalue weighted by molar-refractivity contribution is 0.198. The predicted molar refractivity (Wildman–Crippen MR) is 71.4 cm³/mol. The van der Waals surface area contributed by atoms with Crippen LogP contribution in [0, 0.1) is 5.41 Å². The van der Waals surface area contributed by atoms with Crippen molar-refractivity contribution < 1.29 is 14.3 Å². The van der Waals surface area contributed by atoms with E-state index in [1.165, 1.54) is 13.2 Å². The summed E-state index contributed by atoms with van der Waals surface area (Å²) < 4.78 is 6.95. The highest BCUT2D eigenvalue weighted by Crippen LogP contribution is 2.00. The number of amidine groups is 1. The molecule has 0 rings (SSSR count). The molecule has 0 bridgehead atoms. The largest absolute Gasteiger partial charge is 0.468 e. The van der Waals surface area contributed by atoms with Crippen molar-refractivity contribution in [1.82, 2.24) is 14.9 Å². The van der Waals surface area contributed by atoms with Gasteiger partial charge in [0.05, 0.1) is 7.11 Å². The molecular weight excluding hydrogens is 256 g/mol. The first-order valence-corrected chi connectivity index (χ1v) is 5.91. The minimum absolute atomic E-state index is 0.180. The van der Waals surface area contributed by atoms with E-state index in [2.05, 4.69) is 27.9 Å². The average molecular weight is 272 g/mol. The van der Waals surface area contributed by atoms with Crippen LogP contribution in [0.15, 0.2) is 25.3 Å². The standard InChI is InChI=1S/C10H16N4O3S/c1-4-6-12-9(15)14(8(11)17-3)10(16)13-18-7-5-2/h4-5,11H,1-2,6-7H2,3H3,(H,12,15)(H,13,16). The van der Waals surface area contributed by atoms with E-state index in [1.54, 1.807) is 6.08 Å². The Bertz CT molecular complexity index is 346. The van der Waals surface area contributed by atoms with Crippen LogP contribution in [0.1, 0.15) is 0 Å². The topological polar surface area (TPSA) is 94.5 Å². The summed E-state index contributed by atoms with van der Waals surface area (Å²) in [6, 6.07) is -2.11. The third kappa shape index (κ3) is 5.39. The van der Waals surface area contributed by atoms with E-state index in [9.17, 15) is 9.59 Å². The van der Waals surface area contributed by atoms with Gasteiger partial charge in [0.2, 0.25) is 0 Å². The summed E-state index contributed by atoms with van der Waals surface area (Å²) in [5, 5.41) is 9.77. The van der Waals surface area contributed by atoms with E-state index in [1.807, 2.05) is 0 Å². The molecule has 0 aromatic rings. The van der Waals surface area contributed by atoms with Gasteiger partial charge in [-0.2, -0.15) is 4.90 Å². The van der Waals surface area contributed by atoms with Crippen LogP contribution >= 0.6 is 11.9 Å². The number of hydrogen-bond acceptors (Lipinski definition) is 5. The van der Waals surface area contributed by atoms with E-state index in [0.29, 0.717) is 10.7 Å². The normalized spacial score (nSPS) is 8.94. The van der Waals surface area contributed by atoms with Gasteiger partial charge in [-0.05, 0) is 11.9 Å². The molecule has 3 N–H and O–H groups in total. The van der Waals surface area contributed by atoms with Gasteiger partial charge in [-0.1, -0.05) is 12.2 Å². The molecule has 0 heterocycles. The molecule has 0 aliphatic carbocycles. The second-order valence-corrected chi connectivity index (χ2v) is 3.65. The monoisotopic (exact) mass is 272 g/mol. The van der Waals surface area contributed by atoms with Crippen molar-refractivity contribution in [3.63, 3.8) is 0 Å². The smallest absolute Gasteiger partial charge is 0.343 e. The Hall–Kier alpha value is -1.96. The Morgan fingerprint density at radius 3 is 2.56 bits per heavy atom. The second kappa shape index (κ2) is 9.11. The quantitative estimate of drug-likeness (QED) is 0.231. The van der Waals surface area contributed by atoms with Crippen LogP contribution in [0.4, 0.5) is 9.59 Å². The van der Waals surface area contributed by atoms with Crippen molar-refractivity contribution in [2.24, 2.45) is 0 Å². The highest BCUT2D eigenvalue weighted by Gasteiger charge is 2.26. The zero-order valence-electron chi connectivity index (χ0n) is 10.1. The molecule has 0 saturated carbocycles. The summed E-state index contributed by atoms with van der Waals surface area (Å²) >= 11 is 1.05. The average Bonchev–Trinajstić information content (AvgIpc) is 2.36. The molecule has 7 nitrogen and oxygen atoms in total. The van der Waals surface area contributed by atoms with Crippen LogP contribution < -0.4 is 10.0 Å². The number of nitrogens with zero attached hydrogens (tertiary/aromatic N) is 1. The maximum Gasteiger partial charge on any atom is 0.343 e. The van der Waals surface area contributed by atoms with Crippen molar-refractivity contribution in [3.05, 3.63) is 25.3 Å². The Morgan fingerprint density at radius 1 is 1.39 bits per heavy atom. The molecule has 0 radical (unpaired) electrons. The molecule has 0 aromatic heterocycles. The van der Waals surface area contributed by atoms with Crippen molar-refractivity contribution in [2.45, 2.75) is 0 Å². The molecule has 0 atom stereocenters. The third-order valence-electron chi connectivity index (χ3n) is 1.56. The van der Waals surface area contributed by atoms with Crippen LogP contribution in [-0.4, -0.2) is 42.4 Å². The van der Waals surface area contributed by atoms with Gasteiger partial charge >= 0.3 is 18.1 Å². The zero-order valence-corrected chi connectivity index (χ0v) is 10.9. The van der Waals surface area contributed by atoms with Crippen LogP contribution in [0.25, 0.3) is 0 Å². The molecule has 0 fully saturated rings. The Morgan fingerprint density at radius 2 is 2.06 bits per heavy atom. The fourth-order valence-electron chi connectivity index (χ4n) is 0.814. The van der Waals surface area contributed by atoms with E-state index < -0.39 is 18.1 Å². The van der Waals surface area contributed by atoms with Crippen LogP contribution in [0.5, 0.6) is 0 Å². The first-order chi connectivity index (χ1) is 8.58. The minimum Gasteiger partial charge on any atom is -0.468 e. The number of ether oxygens (including phenoxy) is 1. The molecule has 18 heavy (non-hydrogen) atoms. The summed E-state index contributed by atoms with van der Waals surface area (Å²) in [6.45, 7) is 7.09. The highest BCUT2D eigenvalue weighted by atomic mass is 32.2. The maximum absolute atomic E-state index is 11.7. The van der Waals surface area contributed by atoms with E-state index in [0.717, 1.165) is 11.9 Å². The van der Waals surface area contributed by atoms with Gasteiger partial charge in [0, 0.05) is 12.3 Å². The van der Waals surface area contributed by atoms with Gasteiger partial charge in [-0.3, -0.25) is 10.1 Å². The Labute approximate surface area is 110 Å². The third-order valence-corrected chi connectivity index (χ3v) is 2.28. The number of rotatable bonds is 5. The van der Waals surface area contributed by atoms with Gasteiger partial charge in [-0.15, -0.1) is 13.2 Å². The number of urea groups is 2. The van der Waals surface area contributed by atoms with Gasteiger partial charge in [-0.25, -0.2) is 9.59 Å². The minimum atomic E-state index is -0.768. The van der Waals surface area contributed by atoms with E-state index >= 15 is 0 Å². The molecular formula is C10H16N4O3S. The molecule has 8 heteroatoms. The number of carbonyl (C=O) groups is 2. The molecule has 0 spiro atoms. The molecule has 0 aliphatic rings. The summed E-state index contributed by atoms with van der Waals surface area (Å²) in [5.74, 6) is 0.480. The van der Waals surface area contributed by atoms with Gasteiger partial charge in [0.1, 0.15) is 0 Å². The van der Waals surface area contributed by atoms with Gasteiger partial charge < -0.3 is 10.1 Å². The van der Waals surface area contributed by atoms with Crippen molar-refractivity contribution in [3.8, 4) is 0 Å². The molecule has 0 aromatic carbocycles.